The van der Waals surface area contributed by atoms with Crippen molar-refractivity contribution in [2.24, 2.45) is 0 Å². The van der Waals surface area contributed by atoms with Gasteiger partial charge in [0.05, 0.1) is 25.4 Å². The Morgan fingerprint density at radius 1 is 0.534 bits per heavy atom. The van der Waals surface area contributed by atoms with E-state index in [9.17, 15) is 38.2 Å². The lowest BCUT2D eigenvalue weighted by Gasteiger charge is -2.41. The smallest absolute Gasteiger partial charge is 0.394 e. The molecule has 12 nitrogen and oxygen atoms in total. The summed E-state index contributed by atoms with van der Waals surface area (Å²) in [6, 6.07) is -0.858. The van der Waals surface area contributed by atoms with Crippen LogP contribution in [0.3, 0.4) is 0 Å². The number of nitrogens with one attached hydrogen (secondary N) is 1. The van der Waals surface area contributed by atoms with Crippen molar-refractivity contribution in [3.05, 3.63) is 12.2 Å². The fourth-order valence-corrected chi connectivity index (χ4v) is 10.8. The molecule has 7 unspecified atom stereocenters. The number of ether oxygens (including phenoxy) is 2. The molecule has 7 atom stereocenters. The van der Waals surface area contributed by atoms with Gasteiger partial charge in [0.15, 0.2) is 6.29 Å². The van der Waals surface area contributed by atoms with E-state index in [1.807, 2.05) is 0 Å². The van der Waals surface area contributed by atoms with E-state index in [0.29, 0.717) is 12.8 Å². The molecule has 434 valence electrons. The van der Waals surface area contributed by atoms with Gasteiger partial charge in [0.1, 0.15) is 24.4 Å². The predicted octanol–water partition coefficient (Wildman–Crippen LogP) is 15.0. The second kappa shape index (κ2) is 50.4. The highest BCUT2D eigenvalue weighted by Gasteiger charge is 2.48. The largest absolute Gasteiger partial charge is 0.397 e. The summed E-state index contributed by atoms with van der Waals surface area (Å²) in [7, 11) is -5.08. The van der Waals surface area contributed by atoms with Crippen molar-refractivity contribution in [2.75, 3.05) is 13.2 Å². The van der Waals surface area contributed by atoms with Crippen molar-refractivity contribution in [1.82, 2.24) is 5.32 Å². The van der Waals surface area contributed by atoms with Gasteiger partial charge in [-0.3, -0.25) is 9.35 Å². The highest BCUT2D eigenvalue weighted by atomic mass is 32.3. The Bertz CT molecular complexity index is 1340. The first kappa shape index (κ1) is 69.9. The lowest BCUT2D eigenvalue weighted by Crippen LogP contribution is -2.61. The quantitative estimate of drug-likeness (QED) is 0.0193. The molecular formula is C60H117NO11S. The number of rotatable bonds is 55. The molecular weight excluding hydrogens is 943 g/mol. The van der Waals surface area contributed by atoms with E-state index in [1.165, 1.54) is 231 Å². The van der Waals surface area contributed by atoms with E-state index in [0.717, 1.165) is 51.4 Å². The maximum atomic E-state index is 13.2. The molecule has 1 saturated heterocycles. The van der Waals surface area contributed by atoms with Gasteiger partial charge in [-0.05, 0) is 38.5 Å². The van der Waals surface area contributed by atoms with Gasteiger partial charge in [0, 0.05) is 6.42 Å². The minimum Gasteiger partial charge on any atom is -0.394 e. The monoisotopic (exact) mass is 1060 g/mol. The summed E-state index contributed by atoms with van der Waals surface area (Å²) in [4.78, 5) is 13.2. The Labute approximate surface area is 449 Å². The van der Waals surface area contributed by atoms with Crippen LogP contribution >= 0.6 is 0 Å². The number of aliphatic hydroxyl groups is 4. The average Bonchev–Trinajstić information content (AvgIpc) is 3.37. The molecule has 1 heterocycles. The number of hydrogen-bond donors (Lipinski definition) is 6. The fourth-order valence-electron chi connectivity index (χ4n) is 10.3. The van der Waals surface area contributed by atoms with Crippen molar-refractivity contribution in [1.29, 1.82) is 0 Å². The minimum absolute atomic E-state index is 0.226. The van der Waals surface area contributed by atoms with Crippen LogP contribution in [0.5, 0.6) is 0 Å². The van der Waals surface area contributed by atoms with E-state index < -0.39 is 59.9 Å². The van der Waals surface area contributed by atoms with Crippen LogP contribution in [0, 0.1) is 0 Å². The standard InChI is InChI=1S/C60H117NO11S/c1-3-5-7-9-11-13-15-17-19-21-23-25-26-27-28-30-32-34-36-38-40-42-44-46-48-50-56(64)61-53(52-70-60-58(66)59(72-73(67,68)69)57(65)55(51-62)71-60)54(63)49-47-45-43-41-39-37-35-33-31-29-24-22-20-18-16-14-12-10-8-6-4-2/h27-28,53-55,57-60,62-63,65-66H,3-26,29-52H2,1-2H3,(H,61,64)(H,67,68,69)/b28-27-. The fraction of sp³-hybridized carbons (Fsp3) is 0.950. The summed E-state index contributed by atoms with van der Waals surface area (Å²) in [6.07, 6.45) is 52.2. The molecule has 1 amide bonds. The zero-order chi connectivity index (χ0) is 53.3. The van der Waals surface area contributed by atoms with Crippen LogP contribution in [0.2, 0.25) is 0 Å². The van der Waals surface area contributed by atoms with Crippen molar-refractivity contribution in [3.63, 3.8) is 0 Å². The summed E-state index contributed by atoms with van der Waals surface area (Å²) in [5, 5.41) is 45.2. The maximum absolute atomic E-state index is 13.2. The lowest BCUT2D eigenvalue weighted by atomic mass is 9.99. The van der Waals surface area contributed by atoms with E-state index in [2.05, 4.69) is 35.5 Å². The third-order valence-corrected chi connectivity index (χ3v) is 15.5. The molecule has 0 aliphatic carbocycles. The van der Waals surface area contributed by atoms with Gasteiger partial charge >= 0.3 is 10.4 Å². The highest BCUT2D eigenvalue weighted by molar-refractivity contribution is 7.80. The van der Waals surface area contributed by atoms with Crippen LogP contribution in [0.4, 0.5) is 0 Å². The molecule has 0 saturated carbocycles. The summed E-state index contributed by atoms with van der Waals surface area (Å²) >= 11 is 0. The second-order valence-electron chi connectivity index (χ2n) is 22.0. The lowest BCUT2D eigenvalue weighted by molar-refractivity contribution is -0.298. The number of carbonyl (C=O) groups is 1. The molecule has 13 heteroatoms. The molecule has 1 fully saturated rings. The van der Waals surface area contributed by atoms with Gasteiger partial charge in [0.2, 0.25) is 5.91 Å². The summed E-state index contributed by atoms with van der Waals surface area (Å²) in [6.45, 7) is 3.51. The second-order valence-corrected chi connectivity index (χ2v) is 23.0. The number of allylic oxidation sites excluding steroid dienone is 2. The van der Waals surface area contributed by atoms with Crippen molar-refractivity contribution in [2.45, 2.75) is 352 Å². The van der Waals surface area contributed by atoms with Crippen molar-refractivity contribution < 1.29 is 51.8 Å². The van der Waals surface area contributed by atoms with Gasteiger partial charge in [-0.1, -0.05) is 276 Å². The normalized spacial score (nSPS) is 19.2. The zero-order valence-corrected chi connectivity index (χ0v) is 48.0. The molecule has 0 aromatic heterocycles. The third-order valence-electron chi connectivity index (χ3n) is 15.1. The SMILES string of the molecule is CCCCCCCCCCCCCC/C=C\CCCCCCCCCCCC(=O)NC(COC1OC(CO)C(O)C(OS(=O)(=O)O)C1O)C(O)CCCCCCCCCCCCCCCCCCCCCCC. The van der Waals surface area contributed by atoms with Gasteiger partial charge in [-0.15, -0.1) is 0 Å². The number of aliphatic hydroxyl groups excluding tert-OH is 4. The number of amides is 1. The molecule has 0 spiro atoms. The van der Waals surface area contributed by atoms with E-state index in [4.69, 9.17) is 9.47 Å². The first-order valence-electron chi connectivity index (χ1n) is 31.1. The van der Waals surface area contributed by atoms with Crippen LogP contribution in [0.25, 0.3) is 0 Å². The molecule has 0 radical (unpaired) electrons. The first-order valence-corrected chi connectivity index (χ1v) is 32.4. The summed E-state index contributed by atoms with van der Waals surface area (Å²) < 4.78 is 48.0. The molecule has 0 aromatic rings. The highest BCUT2D eigenvalue weighted by Crippen LogP contribution is 2.26. The Hall–Kier alpha value is -1.16. The molecule has 0 aromatic carbocycles. The van der Waals surface area contributed by atoms with Crippen LogP contribution in [0.15, 0.2) is 12.2 Å². The Kier molecular flexibility index (Phi) is 48.2. The first-order chi connectivity index (χ1) is 35.5. The zero-order valence-electron chi connectivity index (χ0n) is 47.2. The third kappa shape index (κ3) is 42.5. The van der Waals surface area contributed by atoms with Crippen LogP contribution < -0.4 is 5.32 Å². The molecule has 1 aliphatic rings. The van der Waals surface area contributed by atoms with Crippen LogP contribution in [-0.2, 0) is 28.9 Å². The molecule has 1 rings (SSSR count). The average molecular weight is 1060 g/mol. The van der Waals surface area contributed by atoms with E-state index >= 15 is 0 Å². The van der Waals surface area contributed by atoms with Crippen molar-refractivity contribution in [3.8, 4) is 0 Å². The predicted molar refractivity (Wildman–Crippen MR) is 301 cm³/mol. The van der Waals surface area contributed by atoms with Crippen molar-refractivity contribution >= 4 is 16.3 Å². The summed E-state index contributed by atoms with van der Waals surface area (Å²) in [5.41, 5.74) is 0. The molecule has 73 heavy (non-hydrogen) atoms. The van der Waals surface area contributed by atoms with E-state index in [-0.39, 0.29) is 12.5 Å². The number of hydrogen-bond acceptors (Lipinski definition) is 10. The van der Waals surface area contributed by atoms with Crippen LogP contribution in [0.1, 0.15) is 309 Å². The number of carbonyl (C=O) groups excluding carboxylic acids is 1. The van der Waals surface area contributed by atoms with Gasteiger partial charge in [0.25, 0.3) is 0 Å². The van der Waals surface area contributed by atoms with Crippen LogP contribution in [-0.4, -0.2) is 95.4 Å². The Morgan fingerprint density at radius 2 is 0.877 bits per heavy atom. The molecule has 1 aliphatic heterocycles. The van der Waals surface area contributed by atoms with Gasteiger partial charge in [-0.2, -0.15) is 8.42 Å². The topological polar surface area (TPSA) is 192 Å². The Morgan fingerprint density at radius 3 is 1.23 bits per heavy atom. The molecule has 0 bridgehead atoms. The van der Waals surface area contributed by atoms with Gasteiger partial charge < -0.3 is 35.2 Å². The van der Waals surface area contributed by atoms with E-state index in [1.54, 1.807) is 0 Å². The minimum atomic E-state index is -5.08. The number of unbranched alkanes of at least 4 members (excludes halogenated alkanes) is 41. The molecule has 6 N–H and O–H groups in total. The summed E-state index contributed by atoms with van der Waals surface area (Å²) in [5.74, 6) is -0.226. The van der Waals surface area contributed by atoms with Gasteiger partial charge in [-0.25, -0.2) is 4.18 Å². The maximum Gasteiger partial charge on any atom is 0.397 e. The Balaban J connectivity index is 2.31.